The first kappa shape index (κ1) is 11.8. The molecule has 1 aromatic carbocycles. The van der Waals surface area contributed by atoms with Crippen LogP contribution >= 0.6 is 0 Å². The van der Waals surface area contributed by atoms with Crippen LogP contribution in [0.25, 0.3) is 10.9 Å². The maximum absolute atomic E-state index is 9.95. The Bertz CT molecular complexity index is 520. The number of hydrogen-bond acceptors (Lipinski definition) is 2. The second-order valence-electron chi connectivity index (χ2n) is 5.20. The number of rotatable bonds is 3. The van der Waals surface area contributed by atoms with Gasteiger partial charge in [0.25, 0.3) is 0 Å². The van der Waals surface area contributed by atoms with Gasteiger partial charge in [-0.3, -0.25) is 0 Å². The number of nitrogens with one attached hydrogen (secondary N) is 2. The summed E-state index contributed by atoms with van der Waals surface area (Å²) in [5.74, 6) is 0. The van der Waals surface area contributed by atoms with Crippen LogP contribution in [-0.2, 0) is 6.54 Å². The molecule has 1 fully saturated rings. The van der Waals surface area contributed by atoms with Crippen LogP contribution in [0, 0.1) is 0 Å². The predicted octanol–water partition coefficient (Wildman–Crippen LogP) is 2.56. The number of fused-ring (bicyclic) bond motifs is 1. The van der Waals surface area contributed by atoms with Gasteiger partial charge < -0.3 is 15.4 Å². The minimum absolute atomic E-state index is 0.177. The van der Waals surface area contributed by atoms with Crippen molar-refractivity contribution in [3.05, 3.63) is 36.0 Å². The van der Waals surface area contributed by atoms with Crippen LogP contribution in [-0.4, -0.2) is 22.2 Å². The van der Waals surface area contributed by atoms with Crippen LogP contribution in [0.4, 0.5) is 0 Å². The van der Waals surface area contributed by atoms with Gasteiger partial charge in [-0.25, -0.2) is 0 Å². The third kappa shape index (κ3) is 2.28. The third-order valence-electron chi connectivity index (χ3n) is 3.97. The summed E-state index contributed by atoms with van der Waals surface area (Å²) in [5, 5.41) is 14.7. The molecule has 3 nitrogen and oxygen atoms in total. The quantitative estimate of drug-likeness (QED) is 0.777. The van der Waals surface area contributed by atoms with E-state index in [9.17, 15) is 5.11 Å². The van der Waals surface area contributed by atoms with Gasteiger partial charge in [-0.1, -0.05) is 25.0 Å². The van der Waals surface area contributed by atoms with E-state index < -0.39 is 0 Å². The Balaban J connectivity index is 1.71. The van der Waals surface area contributed by atoms with E-state index in [1.165, 1.54) is 22.9 Å². The molecule has 2 aromatic rings. The zero-order valence-corrected chi connectivity index (χ0v) is 10.5. The molecule has 2 atom stereocenters. The van der Waals surface area contributed by atoms with Crippen LogP contribution in [0.2, 0.25) is 0 Å². The molecular formula is C15H20N2O. The van der Waals surface area contributed by atoms with Gasteiger partial charge in [0.05, 0.1) is 6.10 Å². The first-order valence-corrected chi connectivity index (χ1v) is 6.81. The van der Waals surface area contributed by atoms with Crippen molar-refractivity contribution in [2.45, 2.75) is 44.4 Å². The maximum Gasteiger partial charge on any atom is 0.0693 e. The Morgan fingerprint density at radius 3 is 3.00 bits per heavy atom. The second-order valence-corrected chi connectivity index (χ2v) is 5.20. The molecule has 0 spiro atoms. The van der Waals surface area contributed by atoms with Gasteiger partial charge in [-0.15, -0.1) is 0 Å². The van der Waals surface area contributed by atoms with Gasteiger partial charge >= 0.3 is 0 Å². The summed E-state index contributed by atoms with van der Waals surface area (Å²) in [7, 11) is 0. The summed E-state index contributed by atoms with van der Waals surface area (Å²) >= 11 is 0. The van der Waals surface area contributed by atoms with Gasteiger partial charge in [0, 0.05) is 29.7 Å². The molecule has 3 N–H and O–H groups in total. The van der Waals surface area contributed by atoms with Crippen molar-refractivity contribution in [2.24, 2.45) is 0 Å². The lowest BCUT2D eigenvalue weighted by Gasteiger charge is -2.28. The Labute approximate surface area is 107 Å². The zero-order valence-electron chi connectivity index (χ0n) is 10.5. The minimum atomic E-state index is -0.177. The molecule has 1 saturated carbocycles. The topological polar surface area (TPSA) is 48.0 Å². The fourth-order valence-electron chi connectivity index (χ4n) is 2.90. The Morgan fingerprint density at radius 1 is 1.22 bits per heavy atom. The van der Waals surface area contributed by atoms with E-state index in [-0.39, 0.29) is 12.1 Å². The third-order valence-corrected chi connectivity index (χ3v) is 3.97. The van der Waals surface area contributed by atoms with Crippen LogP contribution in [0.1, 0.15) is 31.2 Å². The fourth-order valence-corrected chi connectivity index (χ4v) is 2.90. The van der Waals surface area contributed by atoms with Crippen molar-refractivity contribution in [1.29, 1.82) is 0 Å². The first-order valence-electron chi connectivity index (χ1n) is 6.81. The lowest BCUT2D eigenvalue weighted by atomic mass is 9.92. The van der Waals surface area contributed by atoms with E-state index in [0.29, 0.717) is 0 Å². The van der Waals surface area contributed by atoms with Crippen LogP contribution in [0.15, 0.2) is 30.5 Å². The fraction of sp³-hybridized carbons (Fsp3) is 0.467. The van der Waals surface area contributed by atoms with Crippen molar-refractivity contribution in [3.63, 3.8) is 0 Å². The molecule has 1 aromatic heterocycles. The van der Waals surface area contributed by atoms with Crippen LogP contribution < -0.4 is 5.32 Å². The zero-order chi connectivity index (χ0) is 12.4. The number of aliphatic hydroxyl groups excluding tert-OH is 1. The summed E-state index contributed by atoms with van der Waals surface area (Å²) in [6, 6.07) is 8.69. The first-order chi connectivity index (χ1) is 8.84. The summed E-state index contributed by atoms with van der Waals surface area (Å²) in [6.45, 7) is 0.830. The van der Waals surface area contributed by atoms with Gasteiger partial charge in [-0.05, 0) is 30.5 Å². The highest BCUT2D eigenvalue weighted by Crippen LogP contribution is 2.21. The average molecular weight is 244 g/mol. The molecule has 1 aliphatic carbocycles. The van der Waals surface area contributed by atoms with E-state index in [1.807, 2.05) is 6.20 Å². The summed E-state index contributed by atoms with van der Waals surface area (Å²) in [6.07, 6.45) is 6.21. The van der Waals surface area contributed by atoms with Gasteiger partial charge in [0.15, 0.2) is 0 Å². The summed E-state index contributed by atoms with van der Waals surface area (Å²) in [4.78, 5) is 3.23. The van der Waals surface area contributed by atoms with E-state index in [0.717, 1.165) is 25.8 Å². The largest absolute Gasteiger partial charge is 0.392 e. The van der Waals surface area contributed by atoms with Crippen molar-refractivity contribution in [2.75, 3.05) is 0 Å². The average Bonchev–Trinajstić information content (AvgIpc) is 2.86. The number of aromatic nitrogens is 1. The monoisotopic (exact) mass is 244 g/mol. The molecule has 0 bridgehead atoms. The SMILES string of the molecule is OC1CCCCC1NCc1cccc2[nH]ccc12. The molecule has 0 radical (unpaired) electrons. The van der Waals surface area contributed by atoms with Crippen LogP contribution in [0.3, 0.4) is 0 Å². The Kier molecular flexibility index (Phi) is 3.35. The highest BCUT2D eigenvalue weighted by atomic mass is 16.3. The molecular weight excluding hydrogens is 224 g/mol. The van der Waals surface area contributed by atoms with Gasteiger partial charge in [0.2, 0.25) is 0 Å². The smallest absolute Gasteiger partial charge is 0.0693 e. The van der Waals surface area contributed by atoms with Crippen molar-refractivity contribution < 1.29 is 5.11 Å². The molecule has 3 rings (SSSR count). The Hall–Kier alpha value is -1.32. The van der Waals surface area contributed by atoms with E-state index >= 15 is 0 Å². The van der Waals surface area contributed by atoms with Crippen molar-refractivity contribution >= 4 is 10.9 Å². The second kappa shape index (κ2) is 5.12. The Morgan fingerprint density at radius 2 is 2.11 bits per heavy atom. The van der Waals surface area contributed by atoms with E-state index in [2.05, 4.69) is 34.6 Å². The molecule has 3 heteroatoms. The lowest BCUT2D eigenvalue weighted by molar-refractivity contribution is 0.0903. The highest BCUT2D eigenvalue weighted by molar-refractivity contribution is 5.82. The normalized spacial score (nSPS) is 24.5. The standard InChI is InChI=1S/C15H20N2O/c18-15-7-2-1-5-14(15)17-10-11-4-3-6-13-12(11)8-9-16-13/h3-4,6,8-9,14-18H,1-2,5,7,10H2. The molecule has 0 amide bonds. The minimum Gasteiger partial charge on any atom is -0.392 e. The predicted molar refractivity (Wildman–Crippen MR) is 73.4 cm³/mol. The van der Waals surface area contributed by atoms with Gasteiger partial charge in [0.1, 0.15) is 0 Å². The summed E-state index contributed by atoms with van der Waals surface area (Å²) < 4.78 is 0. The molecule has 18 heavy (non-hydrogen) atoms. The van der Waals surface area contributed by atoms with Crippen LogP contribution in [0.5, 0.6) is 0 Å². The van der Waals surface area contributed by atoms with E-state index in [4.69, 9.17) is 0 Å². The number of H-pyrrole nitrogens is 1. The van der Waals surface area contributed by atoms with E-state index in [1.54, 1.807) is 0 Å². The molecule has 96 valence electrons. The molecule has 1 heterocycles. The maximum atomic E-state index is 9.95. The number of hydrogen-bond donors (Lipinski definition) is 3. The number of aliphatic hydroxyl groups is 1. The van der Waals surface area contributed by atoms with Gasteiger partial charge in [-0.2, -0.15) is 0 Å². The lowest BCUT2D eigenvalue weighted by Crippen LogP contribution is -2.41. The highest BCUT2D eigenvalue weighted by Gasteiger charge is 2.22. The summed E-state index contributed by atoms with van der Waals surface area (Å²) in [5.41, 5.74) is 2.48. The molecule has 0 saturated heterocycles. The number of aromatic amines is 1. The van der Waals surface area contributed by atoms with Crippen molar-refractivity contribution in [3.8, 4) is 0 Å². The van der Waals surface area contributed by atoms with Crippen molar-refractivity contribution in [1.82, 2.24) is 10.3 Å². The molecule has 0 aliphatic heterocycles. The molecule has 2 unspecified atom stereocenters. The molecule has 1 aliphatic rings. The number of benzene rings is 1.